The maximum Gasteiger partial charge on any atom is 0.384 e. The maximum absolute atomic E-state index is 11.0. The number of carbonyl (C=O) groups is 1. The second-order valence-electron chi connectivity index (χ2n) is 2.77. The molecule has 0 aromatic heterocycles. The van der Waals surface area contributed by atoms with Crippen LogP contribution in [0.15, 0.2) is 18.2 Å². The fourth-order valence-corrected chi connectivity index (χ4v) is 1.18. The van der Waals surface area contributed by atoms with Gasteiger partial charge in [0.05, 0.1) is 12.2 Å². The van der Waals surface area contributed by atoms with Crippen molar-refractivity contribution in [3.8, 4) is 17.9 Å². The molecule has 0 aliphatic carbocycles. The number of ether oxygens (including phenoxy) is 1. The molecule has 0 aliphatic rings. The first-order valence-electron chi connectivity index (χ1n) is 4.55. The van der Waals surface area contributed by atoms with E-state index < -0.39 is 5.97 Å². The standard InChI is InChI=1S/C12H8ClNO2/c1-2-16-12(15)6-4-9-3-5-11(13)7-10(9)8-14/h3,5,7H,2H2,1H3. The van der Waals surface area contributed by atoms with Gasteiger partial charge in [-0.2, -0.15) is 5.26 Å². The number of hydrogen-bond donors (Lipinski definition) is 0. The van der Waals surface area contributed by atoms with Gasteiger partial charge in [0.25, 0.3) is 0 Å². The Morgan fingerprint density at radius 1 is 1.50 bits per heavy atom. The van der Waals surface area contributed by atoms with Crippen molar-refractivity contribution in [3.05, 3.63) is 34.3 Å². The second kappa shape index (κ2) is 5.80. The van der Waals surface area contributed by atoms with Crippen LogP contribution in [0.3, 0.4) is 0 Å². The molecule has 0 saturated heterocycles. The van der Waals surface area contributed by atoms with Crippen molar-refractivity contribution in [1.82, 2.24) is 0 Å². The average molecular weight is 234 g/mol. The van der Waals surface area contributed by atoms with Crippen molar-refractivity contribution in [2.24, 2.45) is 0 Å². The molecular formula is C12H8ClNO2. The van der Waals surface area contributed by atoms with Gasteiger partial charge in [-0.05, 0) is 25.1 Å². The molecule has 0 amide bonds. The highest BCUT2D eigenvalue weighted by atomic mass is 35.5. The van der Waals surface area contributed by atoms with Gasteiger partial charge in [-0.3, -0.25) is 0 Å². The largest absolute Gasteiger partial charge is 0.456 e. The van der Waals surface area contributed by atoms with Crippen LogP contribution in [0.2, 0.25) is 5.02 Å². The number of carbonyl (C=O) groups excluding carboxylic acids is 1. The lowest BCUT2D eigenvalue weighted by molar-refractivity contribution is -0.136. The zero-order valence-electron chi connectivity index (χ0n) is 8.58. The zero-order chi connectivity index (χ0) is 12.0. The van der Waals surface area contributed by atoms with Gasteiger partial charge in [0.15, 0.2) is 0 Å². The molecule has 0 bridgehead atoms. The topological polar surface area (TPSA) is 50.1 Å². The van der Waals surface area contributed by atoms with Crippen LogP contribution < -0.4 is 0 Å². The van der Waals surface area contributed by atoms with E-state index >= 15 is 0 Å². The summed E-state index contributed by atoms with van der Waals surface area (Å²) in [6, 6.07) is 6.65. The highest BCUT2D eigenvalue weighted by Crippen LogP contribution is 2.14. The van der Waals surface area contributed by atoms with E-state index in [1.165, 1.54) is 6.07 Å². The van der Waals surface area contributed by atoms with Crippen molar-refractivity contribution in [2.75, 3.05) is 6.61 Å². The summed E-state index contributed by atoms with van der Waals surface area (Å²) in [4.78, 5) is 11.0. The Kier molecular flexibility index (Phi) is 4.39. The van der Waals surface area contributed by atoms with Crippen molar-refractivity contribution in [1.29, 1.82) is 5.26 Å². The molecule has 0 radical (unpaired) electrons. The first-order valence-corrected chi connectivity index (χ1v) is 4.93. The molecule has 0 aliphatic heterocycles. The van der Waals surface area contributed by atoms with Crippen molar-refractivity contribution >= 4 is 17.6 Å². The second-order valence-corrected chi connectivity index (χ2v) is 3.21. The minimum atomic E-state index is -0.610. The van der Waals surface area contributed by atoms with Crippen LogP contribution in [-0.2, 0) is 9.53 Å². The van der Waals surface area contributed by atoms with Crippen molar-refractivity contribution in [3.63, 3.8) is 0 Å². The summed E-state index contributed by atoms with van der Waals surface area (Å²) in [6.45, 7) is 1.97. The number of nitriles is 1. The van der Waals surface area contributed by atoms with Crippen LogP contribution in [0.25, 0.3) is 0 Å². The average Bonchev–Trinajstić information content (AvgIpc) is 2.27. The van der Waals surface area contributed by atoms with E-state index in [2.05, 4.69) is 16.6 Å². The van der Waals surface area contributed by atoms with Crippen LogP contribution >= 0.6 is 11.6 Å². The lowest BCUT2D eigenvalue weighted by Gasteiger charge is -1.95. The molecule has 80 valence electrons. The quantitative estimate of drug-likeness (QED) is 0.552. The molecule has 0 N–H and O–H groups in total. The first-order chi connectivity index (χ1) is 7.67. The van der Waals surface area contributed by atoms with E-state index in [0.717, 1.165) is 0 Å². The Labute approximate surface area is 98.6 Å². The third-order valence-corrected chi connectivity index (χ3v) is 1.91. The molecule has 1 aromatic rings. The number of esters is 1. The molecule has 0 spiro atoms. The van der Waals surface area contributed by atoms with Crippen LogP contribution in [0.5, 0.6) is 0 Å². The van der Waals surface area contributed by atoms with E-state index in [4.69, 9.17) is 16.9 Å². The highest BCUT2D eigenvalue weighted by molar-refractivity contribution is 6.30. The summed E-state index contributed by atoms with van der Waals surface area (Å²) >= 11 is 5.72. The summed E-state index contributed by atoms with van der Waals surface area (Å²) in [5.74, 6) is 4.25. The Morgan fingerprint density at radius 2 is 2.25 bits per heavy atom. The fourth-order valence-electron chi connectivity index (χ4n) is 1.00. The summed E-state index contributed by atoms with van der Waals surface area (Å²) < 4.78 is 4.64. The first kappa shape index (κ1) is 12.1. The van der Waals surface area contributed by atoms with E-state index in [1.54, 1.807) is 19.1 Å². The number of nitrogens with zero attached hydrogens (tertiary/aromatic N) is 1. The molecule has 0 saturated carbocycles. The SMILES string of the molecule is CCOC(=O)C#Cc1ccc(Cl)cc1C#N. The summed E-state index contributed by atoms with van der Waals surface area (Å²) in [7, 11) is 0. The predicted molar refractivity (Wildman–Crippen MR) is 59.7 cm³/mol. The molecule has 0 fully saturated rings. The predicted octanol–water partition coefficient (Wildman–Crippen LogP) is 2.13. The third kappa shape index (κ3) is 3.31. The Morgan fingerprint density at radius 3 is 2.88 bits per heavy atom. The van der Waals surface area contributed by atoms with Gasteiger partial charge in [0.2, 0.25) is 0 Å². The Hall–Kier alpha value is -1.97. The van der Waals surface area contributed by atoms with Gasteiger partial charge in [-0.25, -0.2) is 4.79 Å². The normalized spacial score (nSPS) is 8.56. The summed E-state index contributed by atoms with van der Waals surface area (Å²) in [6.07, 6.45) is 0. The number of halogens is 1. The zero-order valence-corrected chi connectivity index (χ0v) is 9.34. The van der Waals surface area contributed by atoms with Gasteiger partial charge in [0, 0.05) is 16.5 Å². The lowest BCUT2D eigenvalue weighted by Crippen LogP contribution is -1.99. The van der Waals surface area contributed by atoms with Gasteiger partial charge in [0.1, 0.15) is 6.07 Å². The van der Waals surface area contributed by atoms with Crippen LogP contribution in [0, 0.1) is 23.2 Å². The van der Waals surface area contributed by atoms with Crippen molar-refractivity contribution < 1.29 is 9.53 Å². The van der Waals surface area contributed by atoms with Gasteiger partial charge >= 0.3 is 5.97 Å². The summed E-state index contributed by atoms with van der Waals surface area (Å²) in [5, 5.41) is 9.28. The van der Waals surface area contributed by atoms with E-state index in [0.29, 0.717) is 16.1 Å². The van der Waals surface area contributed by atoms with E-state index in [9.17, 15) is 4.79 Å². The fraction of sp³-hybridized carbons (Fsp3) is 0.167. The van der Waals surface area contributed by atoms with Crippen molar-refractivity contribution in [2.45, 2.75) is 6.92 Å². The van der Waals surface area contributed by atoms with Gasteiger partial charge < -0.3 is 4.74 Å². The van der Waals surface area contributed by atoms with E-state index in [-0.39, 0.29) is 6.61 Å². The summed E-state index contributed by atoms with van der Waals surface area (Å²) in [5.41, 5.74) is 0.796. The molecule has 4 heteroatoms. The molecule has 3 nitrogen and oxygen atoms in total. The maximum atomic E-state index is 11.0. The Balaban J connectivity index is 2.98. The van der Waals surface area contributed by atoms with E-state index in [1.807, 2.05) is 6.07 Å². The molecule has 0 unspecified atom stereocenters. The molecule has 0 atom stereocenters. The number of benzene rings is 1. The molecule has 0 heterocycles. The molecular weight excluding hydrogens is 226 g/mol. The number of rotatable bonds is 1. The minimum Gasteiger partial charge on any atom is -0.456 e. The lowest BCUT2D eigenvalue weighted by atomic mass is 10.1. The molecule has 1 aromatic carbocycles. The molecule has 16 heavy (non-hydrogen) atoms. The monoisotopic (exact) mass is 233 g/mol. The highest BCUT2D eigenvalue weighted by Gasteiger charge is 2.00. The minimum absolute atomic E-state index is 0.277. The Bertz CT molecular complexity index is 506. The van der Waals surface area contributed by atoms with Gasteiger partial charge in [-0.1, -0.05) is 17.5 Å². The van der Waals surface area contributed by atoms with Crippen LogP contribution in [0.4, 0.5) is 0 Å². The number of hydrogen-bond acceptors (Lipinski definition) is 3. The van der Waals surface area contributed by atoms with Crippen LogP contribution in [0.1, 0.15) is 18.1 Å². The van der Waals surface area contributed by atoms with Gasteiger partial charge in [-0.15, -0.1) is 0 Å². The third-order valence-electron chi connectivity index (χ3n) is 1.68. The van der Waals surface area contributed by atoms with Crippen LogP contribution in [-0.4, -0.2) is 12.6 Å². The molecule has 1 rings (SSSR count). The smallest absolute Gasteiger partial charge is 0.384 e.